The molecule has 0 aromatic heterocycles. The lowest BCUT2D eigenvalue weighted by Crippen LogP contribution is -2.50. The maximum atomic E-state index is 9.90. The Morgan fingerprint density at radius 2 is 1.29 bits per heavy atom. The summed E-state index contributed by atoms with van der Waals surface area (Å²) in [6.07, 6.45) is -6.84. The van der Waals surface area contributed by atoms with E-state index in [1.807, 2.05) is 0 Å². The molecule has 130 valence electrons. The molecule has 0 fully saturated rings. The molecule has 0 heterocycles. The first-order chi connectivity index (χ1) is 9.22. The predicted octanol–water partition coefficient (Wildman–Crippen LogP) is -5.30. The van der Waals surface area contributed by atoms with E-state index >= 15 is 0 Å². The van der Waals surface area contributed by atoms with Crippen molar-refractivity contribution in [3.8, 4) is 0 Å². The number of halogens is 1. The van der Waals surface area contributed by atoms with Gasteiger partial charge in [-0.3, -0.25) is 0 Å². The molecule has 11 heteroatoms. The van der Waals surface area contributed by atoms with Gasteiger partial charge in [-0.1, -0.05) is 0 Å². The van der Waals surface area contributed by atoms with Crippen molar-refractivity contribution in [3.05, 3.63) is 0 Å². The number of carbonyl (C=O) groups is 1. The lowest BCUT2D eigenvalue weighted by atomic mass is 10.0. The number of aliphatic hydroxyl groups is 8. The Labute approximate surface area is 127 Å². The van der Waals surface area contributed by atoms with Crippen LogP contribution in [0.5, 0.6) is 0 Å². The van der Waals surface area contributed by atoms with E-state index in [1.165, 1.54) is 0 Å². The maximum Gasteiger partial charge on any atom is 0.151 e. The normalized spacial score (nSPS) is 16.6. The highest BCUT2D eigenvalue weighted by Gasteiger charge is 2.29. The van der Waals surface area contributed by atoms with Crippen LogP contribution < -0.4 is 5.73 Å². The predicted molar refractivity (Wildman–Crippen MR) is 72.6 cm³/mol. The highest BCUT2D eigenvalue weighted by atomic mass is 35.5. The second-order valence-electron chi connectivity index (χ2n) is 4.19. The van der Waals surface area contributed by atoms with Crippen molar-refractivity contribution >= 4 is 18.7 Å². The number of nitrogens with two attached hydrogens (primary N) is 1. The topological polar surface area (TPSA) is 205 Å². The van der Waals surface area contributed by atoms with Crippen LogP contribution >= 0.6 is 12.4 Å². The SMILES string of the molecule is Cl.NC(CO)(CO)CO.O=C[C@H](O)[C@@H](O)[C@H](O)[C@H](O)CO. The van der Waals surface area contributed by atoms with E-state index < -0.39 is 56.4 Å². The van der Waals surface area contributed by atoms with Crippen LogP contribution in [0.4, 0.5) is 0 Å². The van der Waals surface area contributed by atoms with Crippen LogP contribution in [0, 0.1) is 0 Å². The smallest absolute Gasteiger partial charge is 0.151 e. The summed E-state index contributed by atoms with van der Waals surface area (Å²) in [6.45, 7) is -1.97. The molecule has 0 rings (SSSR count). The summed E-state index contributed by atoms with van der Waals surface area (Å²) in [6, 6.07) is 0. The number of rotatable bonds is 8. The lowest BCUT2D eigenvalue weighted by Gasteiger charge is -2.22. The molecule has 0 aromatic carbocycles. The summed E-state index contributed by atoms with van der Waals surface area (Å²) >= 11 is 0. The molecule has 0 saturated heterocycles. The van der Waals surface area contributed by atoms with Crippen molar-refractivity contribution in [3.63, 3.8) is 0 Å². The number of hydrogen-bond acceptors (Lipinski definition) is 10. The largest absolute Gasteiger partial charge is 0.394 e. The number of aldehydes is 1. The Morgan fingerprint density at radius 3 is 1.48 bits per heavy atom. The average molecular weight is 338 g/mol. The molecule has 4 atom stereocenters. The monoisotopic (exact) mass is 337 g/mol. The first-order valence-corrected chi connectivity index (χ1v) is 5.62. The van der Waals surface area contributed by atoms with Crippen LogP contribution in [-0.4, -0.2) is 104 Å². The van der Waals surface area contributed by atoms with Crippen LogP contribution in [-0.2, 0) is 4.79 Å². The molecular weight excluding hydrogens is 314 g/mol. The van der Waals surface area contributed by atoms with Gasteiger partial charge < -0.3 is 51.4 Å². The Morgan fingerprint density at radius 1 is 0.905 bits per heavy atom. The van der Waals surface area contributed by atoms with Gasteiger partial charge in [-0.15, -0.1) is 12.4 Å². The molecule has 0 aromatic rings. The number of carbonyl (C=O) groups excluding carboxylic acids is 1. The van der Waals surface area contributed by atoms with E-state index in [0.717, 1.165) is 0 Å². The highest BCUT2D eigenvalue weighted by Crippen LogP contribution is 2.02. The van der Waals surface area contributed by atoms with E-state index in [0.29, 0.717) is 0 Å². The van der Waals surface area contributed by atoms with E-state index in [9.17, 15) is 4.79 Å². The molecule has 0 aliphatic heterocycles. The number of aliphatic hydroxyl groups excluding tert-OH is 8. The van der Waals surface area contributed by atoms with Crippen LogP contribution in [0.1, 0.15) is 0 Å². The second kappa shape index (κ2) is 13.3. The molecular formula is C10H24ClNO9. The summed E-state index contributed by atoms with van der Waals surface area (Å²) in [5, 5.41) is 68.6. The van der Waals surface area contributed by atoms with Gasteiger partial charge in [0.1, 0.15) is 24.4 Å². The van der Waals surface area contributed by atoms with Gasteiger partial charge in [0.15, 0.2) is 6.29 Å². The van der Waals surface area contributed by atoms with Crippen LogP contribution in [0.25, 0.3) is 0 Å². The molecule has 0 bridgehead atoms. The molecule has 0 aliphatic rings. The van der Waals surface area contributed by atoms with Gasteiger partial charge in [-0.05, 0) is 0 Å². The fourth-order valence-corrected chi connectivity index (χ4v) is 0.768. The third-order valence-corrected chi connectivity index (χ3v) is 2.37. The average Bonchev–Trinajstić information content (AvgIpc) is 2.51. The molecule has 21 heavy (non-hydrogen) atoms. The molecule has 0 unspecified atom stereocenters. The quantitative estimate of drug-likeness (QED) is 0.192. The fraction of sp³-hybridized carbons (Fsp3) is 0.900. The van der Waals surface area contributed by atoms with Gasteiger partial charge in [0, 0.05) is 0 Å². The van der Waals surface area contributed by atoms with Crippen molar-refractivity contribution in [2.24, 2.45) is 5.73 Å². The summed E-state index contributed by atoms with van der Waals surface area (Å²) in [5.41, 5.74) is 3.94. The molecule has 10 nitrogen and oxygen atoms in total. The molecule has 0 spiro atoms. The highest BCUT2D eigenvalue weighted by molar-refractivity contribution is 5.85. The van der Waals surface area contributed by atoms with E-state index in [1.54, 1.807) is 0 Å². The van der Waals surface area contributed by atoms with Crippen molar-refractivity contribution in [2.75, 3.05) is 26.4 Å². The second-order valence-corrected chi connectivity index (χ2v) is 4.19. The van der Waals surface area contributed by atoms with Gasteiger partial charge in [-0.25, -0.2) is 0 Å². The summed E-state index contributed by atoms with van der Waals surface area (Å²) in [7, 11) is 0. The Bertz CT molecular complexity index is 246. The zero-order chi connectivity index (χ0) is 16.3. The van der Waals surface area contributed by atoms with Crippen molar-refractivity contribution in [1.82, 2.24) is 0 Å². The standard InChI is InChI=1S/C6H12O6.C4H11NO3.ClH/c7-1-3(9)5(11)6(12)4(10)2-8;5-4(1-6,2-7)3-8;/h1,3-6,8-12H,2H2;6-8H,1-3,5H2;1H/t3-,4+,5+,6+;;/m0../s1. The van der Waals surface area contributed by atoms with Gasteiger partial charge in [0.25, 0.3) is 0 Å². The van der Waals surface area contributed by atoms with Crippen molar-refractivity contribution in [1.29, 1.82) is 0 Å². The third-order valence-electron chi connectivity index (χ3n) is 2.37. The molecule has 10 N–H and O–H groups in total. The summed E-state index contributed by atoms with van der Waals surface area (Å²) in [5.74, 6) is 0. The van der Waals surface area contributed by atoms with Crippen molar-refractivity contribution < 1.29 is 45.6 Å². The van der Waals surface area contributed by atoms with Crippen LogP contribution in [0.3, 0.4) is 0 Å². The molecule has 0 aliphatic carbocycles. The minimum atomic E-state index is -1.79. The first kappa shape index (κ1) is 25.5. The van der Waals surface area contributed by atoms with Gasteiger partial charge in [-0.2, -0.15) is 0 Å². The van der Waals surface area contributed by atoms with Crippen LogP contribution in [0.2, 0.25) is 0 Å². The number of hydrogen-bond donors (Lipinski definition) is 9. The maximum absolute atomic E-state index is 9.90. The fourth-order valence-electron chi connectivity index (χ4n) is 0.768. The minimum Gasteiger partial charge on any atom is -0.394 e. The molecule has 0 amide bonds. The zero-order valence-corrected chi connectivity index (χ0v) is 12.0. The van der Waals surface area contributed by atoms with E-state index in [-0.39, 0.29) is 18.7 Å². The zero-order valence-electron chi connectivity index (χ0n) is 11.2. The molecule has 0 saturated carbocycles. The van der Waals surface area contributed by atoms with E-state index in [2.05, 4.69) is 0 Å². The molecule has 0 radical (unpaired) electrons. The van der Waals surface area contributed by atoms with Gasteiger partial charge in [0.05, 0.1) is 32.0 Å². The van der Waals surface area contributed by atoms with Crippen molar-refractivity contribution in [2.45, 2.75) is 30.0 Å². The van der Waals surface area contributed by atoms with E-state index in [4.69, 9.17) is 46.6 Å². The lowest BCUT2D eigenvalue weighted by molar-refractivity contribution is -0.136. The third kappa shape index (κ3) is 10.0. The Hall–Kier alpha value is -0.400. The Balaban J connectivity index is -0.000000317. The first-order valence-electron chi connectivity index (χ1n) is 5.62. The van der Waals surface area contributed by atoms with Gasteiger partial charge >= 0.3 is 0 Å². The van der Waals surface area contributed by atoms with Gasteiger partial charge in [0.2, 0.25) is 0 Å². The summed E-state index contributed by atoms with van der Waals surface area (Å²) < 4.78 is 0. The van der Waals surface area contributed by atoms with Crippen LogP contribution in [0.15, 0.2) is 0 Å². The minimum absolute atomic E-state index is 0. The summed E-state index contributed by atoms with van der Waals surface area (Å²) in [4.78, 5) is 9.90. The Kier molecular flexibility index (Phi) is 16.2.